The predicted molar refractivity (Wildman–Crippen MR) is 102 cm³/mol. The van der Waals surface area contributed by atoms with Crippen LogP contribution < -0.4 is 5.43 Å². The van der Waals surface area contributed by atoms with Crippen LogP contribution in [-0.4, -0.2) is 53.3 Å². The molecule has 8 heteroatoms. The minimum absolute atomic E-state index is 0.0428. The van der Waals surface area contributed by atoms with Gasteiger partial charge in [0.25, 0.3) is 0 Å². The van der Waals surface area contributed by atoms with Crippen molar-refractivity contribution in [3.05, 3.63) is 58.2 Å². The van der Waals surface area contributed by atoms with Gasteiger partial charge in [-0.3, -0.25) is 14.3 Å². The van der Waals surface area contributed by atoms with Crippen molar-refractivity contribution in [2.24, 2.45) is 0 Å². The van der Waals surface area contributed by atoms with E-state index in [1.54, 1.807) is 35.9 Å². The van der Waals surface area contributed by atoms with Crippen molar-refractivity contribution in [1.82, 2.24) is 14.5 Å². The van der Waals surface area contributed by atoms with Gasteiger partial charge in [-0.15, -0.1) is 0 Å². The number of esters is 1. The Morgan fingerprint density at radius 1 is 1.29 bits per heavy atom. The number of hydrogen-bond acceptors (Lipinski definition) is 7. The summed E-state index contributed by atoms with van der Waals surface area (Å²) in [4.78, 5) is 31.7. The molecule has 0 N–H and O–H groups in total. The molecule has 28 heavy (non-hydrogen) atoms. The van der Waals surface area contributed by atoms with E-state index in [1.165, 1.54) is 6.20 Å². The van der Waals surface area contributed by atoms with Crippen LogP contribution >= 0.6 is 0 Å². The van der Waals surface area contributed by atoms with E-state index >= 15 is 0 Å². The van der Waals surface area contributed by atoms with E-state index < -0.39 is 11.4 Å². The molecule has 0 bridgehead atoms. The van der Waals surface area contributed by atoms with Gasteiger partial charge in [-0.05, 0) is 25.1 Å². The van der Waals surface area contributed by atoms with Crippen LogP contribution in [0.25, 0.3) is 16.9 Å². The van der Waals surface area contributed by atoms with Gasteiger partial charge >= 0.3 is 5.97 Å². The standard InChI is InChI=1S/C20H21N3O5/c1-2-27-20(25)16-13-23(17-5-3-4-6-21-17)19-15(18(16)24)11-14(28-19)12-22-7-9-26-10-8-22/h3-6,11,13H,2,7-10,12H2,1H3. The molecule has 0 amide bonds. The van der Waals surface area contributed by atoms with E-state index in [-0.39, 0.29) is 12.2 Å². The van der Waals surface area contributed by atoms with Crippen LogP contribution in [0.4, 0.5) is 0 Å². The number of rotatable bonds is 5. The predicted octanol–water partition coefficient (Wildman–Crippen LogP) is 1.99. The highest BCUT2D eigenvalue weighted by Crippen LogP contribution is 2.22. The molecule has 1 aliphatic heterocycles. The van der Waals surface area contributed by atoms with Gasteiger partial charge < -0.3 is 13.9 Å². The molecule has 0 radical (unpaired) electrons. The van der Waals surface area contributed by atoms with Crippen molar-refractivity contribution in [3.8, 4) is 5.82 Å². The molecule has 4 rings (SSSR count). The maximum absolute atomic E-state index is 12.9. The van der Waals surface area contributed by atoms with Crippen LogP contribution in [0.2, 0.25) is 0 Å². The molecule has 0 saturated carbocycles. The zero-order valence-corrected chi connectivity index (χ0v) is 15.6. The number of morpholine rings is 1. The van der Waals surface area contributed by atoms with E-state index in [1.807, 2.05) is 6.07 Å². The summed E-state index contributed by atoms with van der Waals surface area (Å²) in [7, 11) is 0. The van der Waals surface area contributed by atoms with Crippen molar-refractivity contribution in [2.75, 3.05) is 32.9 Å². The van der Waals surface area contributed by atoms with E-state index in [0.717, 1.165) is 13.1 Å². The molecular weight excluding hydrogens is 362 g/mol. The van der Waals surface area contributed by atoms with E-state index in [2.05, 4.69) is 9.88 Å². The lowest BCUT2D eigenvalue weighted by Crippen LogP contribution is -2.35. The van der Waals surface area contributed by atoms with Gasteiger partial charge in [-0.25, -0.2) is 9.78 Å². The smallest absolute Gasteiger partial charge is 0.343 e. The van der Waals surface area contributed by atoms with E-state index in [0.29, 0.717) is 42.4 Å². The van der Waals surface area contributed by atoms with Crippen molar-refractivity contribution in [1.29, 1.82) is 0 Å². The maximum atomic E-state index is 12.9. The Hall–Kier alpha value is -2.97. The highest BCUT2D eigenvalue weighted by molar-refractivity contribution is 5.93. The molecule has 0 aromatic carbocycles. The fourth-order valence-electron chi connectivity index (χ4n) is 3.24. The Balaban J connectivity index is 1.83. The molecule has 1 aliphatic rings. The van der Waals surface area contributed by atoms with Crippen LogP contribution in [0, 0.1) is 0 Å². The summed E-state index contributed by atoms with van der Waals surface area (Å²) in [6.07, 6.45) is 3.08. The molecule has 1 fully saturated rings. The molecule has 0 aliphatic carbocycles. The van der Waals surface area contributed by atoms with E-state index in [9.17, 15) is 9.59 Å². The second kappa shape index (κ2) is 7.95. The van der Waals surface area contributed by atoms with Crippen LogP contribution in [0.1, 0.15) is 23.0 Å². The quantitative estimate of drug-likeness (QED) is 0.623. The number of carbonyl (C=O) groups is 1. The molecule has 8 nitrogen and oxygen atoms in total. The number of nitrogens with zero attached hydrogens (tertiary/aromatic N) is 3. The summed E-state index contributed by atoms with van der Waals surface area (Å²) in [5, 5.41) is 0.333. The van der Waals surface area contributed by atoms with Gasteiger partial charge in [0.15, 0.2) is 0 Å². The lowest BCUT2D eigenvalue weighted by molar-refractivity contribution is 0.0315. The fourth-order valence-corrected chi connectivity index (χ4v) is 3.24. The minimum Gasteiger partial charge on any atom is -0.462 e. The summed E-state index contributed by atoms with van der Waals surface area (Å²) in [6.45, 7) is 5.40. The van der Waals surface area contributed by atoms with Gasteiger partial charge in [0.1, 0.15) is 17.1 Å². The zero-order valence-electron chi connectivity index (χ0n) is 15.6. The molecule has 3 aromatic heterocycles. The van der Waals surface area contributed by atoms with Crippen molar-refractivity contribution < 1.29 is 18.7 Å². The third-order valence-corrected chi connectivity index (χ3v) is 4.60. The number of hydrogen-bond donors (Lipinski definition) is 0. The summed E-state index contributed by atoms with van der Waals surface area (Å²) >= 11 is 0. The number of aromatic nitrogens is 2. The second-order valence-corrected chi connectivity index (χ2v) is 6.47. The Kier molecular flexibility index (Phi) is 5.23. The largest absolute Gasteiger partial charge is 0.462 e. The van der Waals surface area contributed by atoms with Gasteiger partial charge in [0.05, 0.1) is 31.8 Å². The van der Waals surface area contributed by atoms with Crippen LogP contribution in [-0.2, 0) is 16.0 Å². The molecule has 0 atom stereocenters. The highest BCUT2D eigenvalue weighted by Gasteiger charge is 2.22. The lowest BCUT2D eigenvalue weighted by atomic mass is 10.2. The average Bonchev–Trinajstić information content (AvgIpc) is 3.14. The van der Waals surface area contributed by atoms with Crippen molar-refractivity contribution in [2.45, 2.75) is 13.5 Å². The van der Waals surface area contributed by atoms with Crippen molar-refractivity contribution in [3.63, 3.8) is 0 Å². The van der Waals surface area contributed by atoms with Gasteiger partial charge in [-0.1, -0.05) is 6.07 Å². The number of pyridine rings is 2. The summed E-state index contributed by atoms with van der Waals surface area (Å²) in [6, 6.07) is 7.10. The monoisotopic (exact) mass is 383 g/mol. The first-order chi connectivity index (χ1) is 13.7. The van der Waals surface area contributed by atoms with Crippen LogP contribution in [0.15, 0.2) is 45.9 Å². The molecule has 0 unspecified atom stereocenters. The molecule has 1 saturated heterocycles. The molecule has 0 spiro atoms. The molecule has 3 aromatic rings. The molecule has 146 valence electrons. The first-order valence-corrected chi connectivity index (χ1v) is 9.24. The Labute approximate surface area is 161 Å². The average molecular weight is 383 g/mol. The Bertz CT molecular complexity index is 1040. The molecular formula is C20H21N3O5. The van der Waals surface area contributed by atoms with Gasteiger partial charge in [0, 0.05) is 25.5 Å². The first kappa shape index (κ1) is 18.4. The zero-order chi connectivity index (χ0) is 19.5. The summed E-state index contributed by atoms with van der Waals surface area (Å²) < 4.78 is 18.1. The number of ether oxygens (including phenoxy) is 2. The third-order valence-electron chi connectivity index (χ3n) is 4.60. The van der Waals surface area contributed by atoms with Gasteiger partial charge in [-0.2, -0.15) is 0 Å². The number of fused-ring (bicyclic) bond motifs is 1. The lowest BCUT2D eigenvalue weighted by Gasteiger charge is -2.25. The summed E-state index contributed by atoms with van der Waals surface area (Å²) in [5.41, 5.74) is -0.0867. The topological polar surface area (TPSA) is 86.8 Å². The second-order valence-electron chi connectivity index (χ2n) is 6.47. The van der Waals surface area contributed by atoms with Gasteiger partial charge in [0.2, 0.25) is 11.1 Å². The Morgan fingerprint density at radius 2 is 2.11 bits per heavy atom. The highest BCUT2D eigenvalue weighted by atomic mass is 16.5. The normalized spacial score (nSPS) is 15.0. The van der Waals surface area contributed by atoms with Crippen LogP contribution in [0.3, 0.4) is 0 Å². The fraction of sp³-hybridized carbons (Fsp3) is 0.350. The van der Waals surface area contributed by atoms with Crippen molar-refractivity contribution >= 4 is 17.1 Å². The maximum Gasteiger partial charge on any atom is 0.343 e. The number of furan rings is 1. The third kappa shape index (κ3) is 3.56. The van der Waals surface area contributed by atoms with Crippen LogP contribution in [0.5, 0.6) is 0 Å². The molecule has 4 heterocycles. The minimum atomic E-state index is -0.657. The summed E-state index contributed by atoms with van der Waals surface area (Å²) in [5.74, 6) is 0.542. The Morgan fingerprint density at radius 3 is 2.82 bits per heavy atom. The van der Waals surface area contributed by atoms with E-state index in [4.69, 9.17) is 13.9 Å². The SMILES string of the molecule is CCOC(=O)c1cn(-c2ccccn2)c2oc(CN3CCOCC3)cc2c1=O. The number of carbonyl (C=O) groups excluding carboxylic acids is 1. The first-order valence-electron chi connectivity index (χ1n) is 9.24.